The summed E-state index contributed by atoms with van der Waals surface area (Å²) in [5.74, 6) is -1.16. The average molecular weight is 459 g/mol. The number of rotatable bonds is 8. The number of nitriles is 1. The van der Waals surface area contributed by atoms with Crippen LogP contribution in [0.5, 0.6) is 0 Å². The van der Waals surface area contributed by atoms with Gasteiger partial charge in [0.15, 0.2) is 5.72 Å². The minimum absolute atomic E-state index is 0.0441. The van der Waals surface area contributed by atoms with E-state index in [0.717, 1.165) is 6.07 Å². The number of ether oxygens (including phenoxy) is 1. The maximum absolute atomic E-state index is 13.4. The van der Waals surface area contributed by atoms with Gasteiger partial charge in [-0.1, -0.05) is 0 Å². The molecule has 1 aromatic carbocycles. The second-order valence-corrected chi connectivity index (χ2v) is 8.02. The Balaban J connectivity index is 1.66. The van der Waals surface area contributed by atoms with Gasteiger partial charge in [0.05, 0.1) is 18.3 Å². The lowest BCUT2D eigenvalue weighted by Crippen LogP contribution is -2.45. The number of benzene rings is 1. The van der Waals surface area contributed by atoms with E-state index in [-0.39, 0.29) is 30.5 Å². The number of aliphatic hydroxyl groups excluding tert-OH is 2. The van der Waals surface area contributed by atoms with Crippen molar-refractivity contribution >= 4 is 5.91 Å². The maximum atomic E-state index is 13.4. The Hall–Kier alpha value is -3.33. The number of nitrogens with zero attached hydrogens (tertiary/aromatic N) is 2. The van der Waals surface area contributed by atoms with E-state index in [4.69, 9.17) is 10.00 Å². The van der Waals surface area contributed by atoms with Gasteiger partial charge >= 0.3 is 5.69 Å². The molecule has 1 saturated heterocycles. The Morgan fingerprint density at radius 3 is 2.85 bits per heavy atom. The molecular formula is C22H25FN4O6. The van der Waals surface area contributed by atoms with Gasteiger partial charge in [0, 0.05) is 30.3 Å². The van der Waals surface area contributed by atoms with Gasteiger partial charge in [0.2, 0.25) is 0 Å². The van der Waals surface area contributed by atoms with Crippen LogP contribution in [0.15, 0.2) is 34.0 Å². The van der Waals surface area contributed by atoms with E-state index in [2.05, 4.69) is 10.3 Å². The number of carbonyl (C=O) groups excluding carboxylic acids is 1. The fraction of sp³-hybridized carbons (Fsp3) is 0.455. The number of carbonyl (C=O) groups is 1. The molecule has 1 fully saturated rings. The summed E-state index contributed by atoms with van der Waals surface area (Å²) in [6, 6.07) is 5.20. The van der Waals surface area contributed by atoms with Crippen molar-refractivity contribution in [3.05, 3.63) is 67.7 Å². The maximum Gasteiger partial charge on any atom is 0.330 e. The fourth-order valence-corrected chi connectivity index (χ4v) is 3.91. The molecule has 0 saturated carbocycles. The Labute approximate surface area is 188 Å². The molecule has 0 unspecified atom stereocenters. The predicted octanol–water partition coefficient (Wildman–Crippen LogP) is 0.251. The van der Waals surface area contributed by atoms with Gasteiger partial charge in [0.1, 0.15) is 18.0 Å². The van der Waals surface area contributed by atoms with Crippen molar-refractivity contribution < 1.29 is 24.1 Å². The molecule has 1 aromatic heterocycles. The second-order valence-electron chi connectivity index (χ2n) is 8.02. The number of aromatic nitrogens is 2. The van der Waals surface area contributed by atoms with Crippen LogP contribution < -0.4 is 16.6 Å². The van der Waals surface area contributed by atoms with Crippen molar-refractivity contribution in [2.45, 2.75) is 50.5 Å². The summed E-state index contributed by atoms with van der Waals surface area (Å²) in [4.78, 5) is 38.7. The van der Waals surface area contributed by atoms with Gasteiger partial charge in [0.25, 0.3) is 11.5 Å². The molecule has 11 heteroatoms. The minimum Gasteiger partial charge on any atom is -0.394 e. The Bertz CT molecular complexity index is 1190. The summed E-state index contributed by atoms with van der Waals surface area (Å²) in [6.07, 6.45) is 0.775. The van der Waals surface area contributed by atoms with Gasteiger partial charge in [-0.05, 0) is 44.4 Å². The van der Waals surface area contributed by atoms with Crippen molar-refractivity contribution in [2.24, 2.45) is 0 Å². The highest BCUT2D eigenvalue weighted by molar-refractivity contribution is 5.94. The highest BCUT2D eigenvalue weighted by atomic mass is 18.2. The molecule has 176 valence electrons. The first-order chi connectivity index (χ1) is 15.7. The molecule has 10 nitrogen and oxygen atoms in total. The van der Waals surface area contributed by atoms with E-state index < -0.39 is 47.5 Å². The Morgan fingerprint density at radius 2 is 2.18 bits per heavy atom. The zero-order chi connectivity index (χ0) is 24.2. The van der Waals surface area contributed by atoms with Crippen LogP contribution in [0.2, 0.25) is 0 Å². The smallest absolute Gasteiger partial charge is 0.330 e. The highest BCUT2D eigenvalue weighted by Crippen LogP contribution is 2.38. The lowest BCUT2D eigenvalue weighted by atomic mass is 9.99. The van der Waals surface area contributed by atoms with E-state index in [9.17, 15) is 29.0 Å². The number of aliphatic hydroxyl groups is 2. The van der Waals surface area contributed by atoms with Crippen LogP contribution in [0.4, 0.5) is 4.39 Å². The number of hydrogen-bond donors (Lipinski definition) is 4. The molecule has 33 heavy (non-hydrogen) atoms. The summed E-state index contributed by atoms with van der Waals surface area (Å²) in [5.41, 5.74) is -2.24. The zero-order valence-corrected chi connectivity index (χ0v) is 18.0. The summed E-state index contributed by atoms with van der Waals surface area (Å²) >= 11 is 0. The number of unbranched alkanes of at least 4 members (excludes halogenated alkanes) is 1. The predicted molar refractivity (Wildman–Crippen MR) is 114 cm³/mol. The van der Waals surface area contributed by atoms with Crippen LogP contribution in [-0.4, -0.2) is 51.0 Å². The first kappa shape index (κ1) is 24.3. The van der Waals surface area contributed by atoms with Crippen molar-refractivity contribution in [2.75, 3.05) is 13.2 Å². The first-order valence-electron chi connectivity index (χ1n) is 10.5. The third-order valence-electron chi connectivity index (χ3n) is 5.70. The minimum atomic E-state index is -1.26. The molecule has 0 radical (unpaired) electrons. The zero-order valence-electron chi connectivity index (χ0n) is 18.0. The Kier molecular flexibility index (Phi) is 7.43. The Morgan fingerprint density at radius 1 is 1.42 bits per heavy atom. The van der Waals surface area contributed by atoms with Crippen LogP contribution in [0, 0.1) is 24.1 Å². The molecule has 0 bridgehead atoms. The molecule has 3 atom stereocenters. The number of nitrogens with one attached hydrogen (secondary N) is 2. The summed E-state index contributed by atoms with van der Waals surface area (Å²) in [7, 11) is 0. The quantitative estimate of drug-likeness (QED) is 0.412. The third-order valence-corrected chi connectivity index (χ3v) is 5.70. The average Bonchev–Trinajstić information content (AvgIpc) is 3.12. The van der Waals surface area contributed by atoms with Crippen molar-refractivity contribution in [3.8, 4) is 6.07 Å². The van der Waals surface area contributed by atoms with Gasteiger partial charge < -0.3 is 20.3 Å². The number of hydrogen-bond acceptors (Lipinski definition) is 7. The second kappa shape index (κ2) is 10.1. The van der Waals surface area contributed by atoms with E-state index in [0.29, 0.717) is 18.4 Å². The van der Waals surface area contributed by atoms with Gasteiger partial charge in [-0.3, -0.25) is 19.1 Å². The summed E-state index contributed by atoms with van der Waals surface area (Å²) < 4.78 is 20.6. The van der Waals surface area contributed by atoms with Crippen LogP contribution in [-0.2, 0) is 10.5 Å². The number of H-pyrrole nitrogens is 1. The third kappa shape index (κ3) is 5.19. The summed E-state index contributed by atoms with van der Waals surface area (Å²) in [5, 5.41) is 31.4. The van der Waals surface area contributed by atoms with Crippen molar-refractivity contribution in [1.82, 2.24) is 14.9 Å². The molecule has 1 aliphatic rings. The van der Waals surface area contributed by atoms with Crippen molar-refractivity contribution in [3.63, 3.8) is 0 Å². The molecule has 2 heterocycles. The number of aryl methyl sites for hydroxylation is 1. The standard InChI is InChI=1S/C22H25FN4O6/c1-13-11-27(21(32)26-19(13)30)22(9-17(29)18(12-28)33-22)6-2-3-7-25-20(31)14-4-5-16(23)15(8-14)10-24/h4-5,8,11,17-18,28-29H,2-3,6-7,9,12H2,1H3,(H,25,31)(H,26,30,32)/t17-,18+,22+/m0/s1/i23-1. The topological polar surface area (TPSA) is 157 Å². The van der Waals surface area contributed by atoms with Gasteiger partial charge in [-0.15, -0.1) is 0 Å². The normalized spacial score (nSPS) is 22.2. The number of amides is 1. The highest BCUT2D eigenvalue weighted by Gasteiger charge is 2.47. The molecule has 1 amide bonds. The van der Waals surface area contributed by atoms with Crippen LogP contribution >= 0.6 is 0 Å². The van der Waals surface area contributed by atoms with E-state index in [1.165, 1.54) is 22.9 Å². The lowest BCUT2D eigenvalue weighted by molar-refractivity contribution is -0.124. The fourth-order valence-electron chi connectivity index (χ4n) is 3.91. The van der Waals surface area contributed by atoms with Crippen LogP contribution in [0.3, 0.4) is 0 Å². The van der Waals surface area contributed by atoms with Crippen molar-refractivity contribution in [1.29, 1.82) is 5.26 Å². The molecule has 1 aliphatic heterocycles. The monoisotopic (exact) mass is 459 g/mol. The molecule has 4 N–H and O–H groups in total. The largest absolute Gasteiger partial charge is 0.394 e. The number of halogens is 1. The van der Waals surface area contributed by atoms with Gasteiger partial charge in [-0.2, -0.15) is 5.26 Å². The number of aromatic amines is 1. The van der Waals surface area contributed by atoms with Gasteiger partial charge in [-0.25, -0.2) is 9.18 Å². The molecule has 0 spiro atoms. The molecule has 0 aliphatic carbocycles. The molecular weight excluding hydrogens is 434 g/mol. The molecule has 2 aromatic rings. The van der Waals surface area contributed by atoms with E-state index >= 15 is 0 Å². The lowest BCUT2D eigenvalue weighted by Gasteiger charge is -2.31. The van der Waals surface area contributed by atoms with Crippen LogP contribution in [0.25, 0.3) is 0 Å². The van der Waals surface area contributed by atoms with E-state index in [1.54, 1.807) is 13.0 Å². The molecule has 3 rings (SSSR count). The summed E-state index contributed by atoms with van der Waals surface area (Å²) in [6.45, 7) is 1.37. The van der Waals surface area contributed by atoms with Crippen LogP contribution in [0.1, 0.15) is 47.2 Å². The van der Waals surface area contributed by atoms with E-state index in [1.807, 2.05) is 0 Å². The SMILES string of the molecule is Cc1cn([C@@]2(CCCCNC(=O)c3ccc([18F])c(C#N)c3)C[C@H](O)[C@@H](CO)O2)c(=O)[nH]c1=O. The first-order valence-corrected chi connectivity index (χ1v) is 10.5.